The standard InChI is InChI=1S/C16H21N3O2S/c1-18(2)22(20,21)17-15-9-11-16(12-10-15)19(3)13-14-7-5-4-6-8-14/h4-12,17H,13H2,1-3H3. The molecule has 0 bridgehead atoms. The van der Waals surface area contributed by atoms with Crippen LogP contribution in [0.2, 0.25) is 0 Å². The fourth-order valence-corrected chi connectivity index (χ4v) is 2.59. The second-order valence-corrected chi connectivity index (χ2v) is 7.16. The predicted octanol–water partition coefficient (Wildman–Crippen LogP) is 2.54. The zero-order valence-corrected chi connectivity index (χ0v) is 13.8. The smallest absolute Gasteiger partial charge is 0.301 e. The van der Waals surface area contributed by atoms with Crippen molar-refractivity contribution < 1.29 is 8.42 Å². The molecular formula is C16H21N3O2S. The Labute approximate surface area is 132 Å². The third kappa shape index (κ3) is 4.22. The Balaban J connectivity index is 2.05. The van der Waals surface area contributed by atoms with Gasteiger partial charge in [-0.3, -0.25) is 4.72 Å². The summed E-state index contributed by atoms with van der Waals surface area (Å²) in [5.74, 6) is 0. The van der Waals surface area contributed by atoms with Crippen molar-refractivity contribution in [2.75, 3.05) is 30.8 Å². The summed E-state index contributed by atoms with van der Waals surface area (Å²) in [6, 6.07) is 17.5. The molecule has 1 N–H and O–H groups in total. The first-order valence-corrected chi connectivity index (χ1v) is 8.38. The van der Waals surface area contributed by atoms with Gasteiger partial charge in [0.2, 0.25) is 0 Å². The summed E-state index contributed by atoms with van der Waals surface area (Å²) < 4.78 is 27.2. The molecule has 2 rings (SSSR count). The Bertz CT molecular complexity index is 698. The monoisotopic (exact) mass is 319 g/mol. The second kappa shape index (κ2) is 6.81. The van der Waals surface area contributed by atoms with Crippen LogP contribution >= 0.6 is 0 Å². The zero-order valence-electron chi connectivity index (χ0n) is 13.0. The molecule has 0 heterocycles. The molecule has 0 fully saturated rings. The van der Waals surface area contributed by atoms with Crippen LogP contribution in [-0.4, -0.2) is 33.9 Å². The van der Waals surface area contributed by atoms with E-state index in [1.165, 1.54) is 19.7 Å². The van der Waals surface area contributed by atoms with E-state index in [0.29, 0.717) is 5.69 Å². The molecule has 5 nitrogen and oxygen atoms in total. The van der Waals surface area contributed by atoms with Crippen LogP contribution in [0.5, 0.6) is 0 Å². The van der Waals surface area contributed by atoms with Crippen LogP contribution in [0.1, 0.15) is 5.56 Å². The van der Waals surface area contributed by atoms with Gasteiger partial charge in [-0.1, -0.05) is 30.3 Å². The van der Waals surface area contributed by atoms with E-state index in [2.05, 4.69) is 21.8 Å². The molecule has 0 aliphatic heterocycles. The fraction of sp³-hybridized carbons (Fsp3) is 0.250. The normalized spacial score (nSPS) is 11.5. The molecule has 0 saturated heterocycles. The molecule has 0 aliphatic rings. The maximum absolute atomic E-state index is 11.8. The van der Waals surface area contributed by atoms with Crippen LogP contribution in [0.25, 0.3) is 0 Å². The summed E-state index contributed by atoms with van der Waals surface area (Å²) in [6.07, 6.45) is 0. The van der Waals surface area contributed by atoms with E-state index in [0.717, 1.165) is 16.5 Å². The van der Waals surface area contributed by atoms with E-state index in [9.17, 15) is 8.42 Å². The maximum Gasteiger partial charge on any atom is 0.301 e. The lowest BCUT2D eigenvalue weighted by atomic mass is 10.2. The van der Waals surface area contributed by atoms with Gasteiger partial charge in [0.1, 0.15) is 0 Å². The Kier molecular flexibility index (Phi) is 5.05. The van der Waals surface area contributed by atoms with Gasteiger partial charge >= 0.3 is 10.2 Å². The summed E-state index contributed by atoms with van der Waals surface area (Å²) in [7, 11) is 1.52. The summed E-state index contributed by atoms with van der Waals surface area (Å²) in [6.45, 7) is 0.795. The highest BCUT2D eigenvalue weighted by Gasteiger charge is 2.12. The van der Waals surface area contributed by atoms with E-state index < -0.39 is 10.2 Å². The average Bonchev–Trinajstić information content (AvgIpc) is 2.48. The Morgan fingerprint density at radius 3 is 2.05 bits per heavy atom. The van der Waals surface area contributed by atoms with Crippen molar-refractivity contribution in [2.24, 2.45) is 0 Å². The van der Waals surface area contributed by atoms with Gasteiger partial charge in [-0.05, 0) is 29.8 Å². The van der Waals surface area contributed by atoms with Crippen molar-refractivity contribution in [3.8, 4) is 0 Å². The predicted molar refractivity (Wildman–Crippen MR) is 91.2 cm³/mol. The maximum atomic E-state index is 11.8. The first-order chi connectivity index (χ1) is 10.4. The summed E-state index contributed by atoms with van der Waals surface area (Å²) >= 11 is 0. The van der Waals surface area contributed by atoms with Crippen molar-refractivity contribution in [3.63, 3.8) is 0 Å². The molecule has 0 radical (unpaired) electrons. The molecular weight excluding hydrogens is 298 g/mol. The van der Waals surface area contributed by atoms with Crippen molar-refractivity contribution in [2.45, 2.75) is 6.54 Å². The lowest BCUT2D eigenvalue weighted by molar-refractivity contribution is 0.527. The number of hydrogen-bond acceptors (Lipinski definition) is 3. The summed E-state index contributed by atoms with van der Waals surface area (Å²) in [5, 5.41) is 0. The average molecular weight is 319 g/mol. The molecule has 0 spiro atoms. The van der Waals surface area contributed by atoms with Crippen LogP contribution in [0.15, 0.2) is 54.6 Å². The van der Waals surface area contributed by atoms with Gasteiger partial charge in [-0.15, -0.1) is 0 Å². The quantitative estimate of drug-likeness (QED) is 0.890. The zero-order chi connectivity index (χ0) is 16.2. The SMILES string of the molecule is CN(Cc1ccccc1)c1ccc(NS(=O)(=O)N(C)C)cc1. The van der Waals surface area contributed by atoms with Gasteiger partial charge in [-0.2, -0.15) is 12.7 Å². The summed E-state index contributed by atoms with van der Waals surface area (Å²) in [5.41, 5.74) is 2.80. The largest absolute Gasteiger partial charge is 0.370 e. The van der Waals surface area contributed by atoms with Gasteiger partial charge in [0.25, 0.3) is 0 Å². The van der Waals surface area contributed by atoms with Crippen molar-refractivity contribution in [3.05, 3.63) is 60.2 Å². The number of benzene rings is 2. The Morgan fingerprint density at radius 2 is 1.50 bits per heavy atom. The minimum Gasteiger partial charge on any atom is -0.370 e. The first-order valence-electron chi connectivity index (χ1n) is 6.94. The van der Waals surface area contributed by atoms with Crippen molar-refractivity contribution in [1.29, 1.82) is 0 Å². The van der Waals surface area contributed by atoms with Crippen molar-refractivity contribution >= 4 is 21.6 Å². The molecule has 0 saturated carbocycles. The van der Waals surface area contributed by atoms with Gasteiger partial charge in [0.05, 0.1) is 0 Å². The van der Waals surface area contributed by atoms with Crippen LogP contribution < -0.4 is 9.62 Å². The minimum absolute atomic E-state index is 0.547. The highest BCUT2D eigenvalue weighted by Crippen LogP contribution is 2.19. The molecule has 2 aromatic rings. The van der Waals surface area contributed by atoms with Crippen LogP contribution in [0, 0.1) is 0 Å². The van der Waals surface area contributed by atoms with Crippen molar-refractivity contribution in [1.82, 2.24) is 4.31 Å². The molecule has 0 aromatic heterocycles. The topological polar surface area (TPSA) is 52.7 Å². The lowest BCUT2D eigenvalue weighted by Crippen LogP contribution is -2.28. The number of anilines is 2. The second-order valence-electron chi connectivity index (χ2n) is 5.28. The summed E-state index contributed by atoms with van der Waals surface area (Å²) in [4.78, 5) is 2.11. The molecule has 22 heavy (non-hydrogen) atoms. The molecule has 0 amide bonds. The van der Waals surface area contributed by atoms with Crippen LogP contribution in [0.3, 0.4) is 0 Å². The van der Waals surface area contributed by atoms with Gasteiger partial charge in [0.15, 0.2) is 0 Å². The number of nitrogens with zero attached hydrogens (tertiary/aromatic N) is 2. The molecule has 6 heteroatoms. The van der Waals surface area contributed by atoms with Gasteiger partial charge in [-0.25, -0.2) is 0 Å². The molecule has 2 aromatic carbocycles. The molecule has 0 atom stereocenters. The Hall–Kier alpha value is -2.05. The van der Waals surface area contributed by atoms with Gasteiger partial charge in [0, 0.05) is 39.1 Å². The third-order valence-corrected chi connectivity index (χ3v) is 4.75. The highest BCUT2D eigenvalue weighted by molar-refractivity contribution is 7.90. The van der Waals surface area contributed by atoms with Gasteiger partial charge < -0.3 is 4.90 Å². The van der Waals surface area contributed by atoms with E-state index in [-0.39, 0.29) is 0 Å². The molecule has 0 unspecified atom stereocenters. The van der Waals surface area contributed by atoms with E-state index in [4.69, 9.17) is 0 Å². The number of hydrogen-bond donors (Lipinski definition) is 1. The minimum atomic E-state index is -3.46. The number of rotatable bonds is 6. The van der Waals surface area contributed by atoms with E-state index >= 15 is 0 Å². The van der Waals surface area contributed by atoms with Crippen LogP contribution in [0.4, 0.5) is 11.4 Å². The van der Waals surface area contributed by atoms with E-state index in [1.54, 1.807) is 12.1 Å². The molecule has 0 aliphatic carbocycles. The van der Waals surface area contributed by atoms with Crippen LogP contribution in [-0.2, 0) is 16.8 Å². The molecule has 118 valence electrons. The highest BCUT2D eigenvalue weighted by atomic mass is 32.2. The Morgan fingerprint density at radius 1 is 0.909 bits per heavy atom. The fourth-order valence-electron chi connectivity index (χ4n) is 1.97. The van der Waals surface area contributed by atoms with E-state index in [1.807, 2.05) is 37.4 Å². The third-order valence-electron chi connectivity index (χ3n) is 3.30. The number of nitrogens with one attached hydrogen (secondary N) is 1. The first kappa shape index (κ1) is 16.3. The lowest BCUT2D eigenvalue weighted by Gasteiger charge is -2.20.